The van der Waals surface area contributed by atoms with E-state index in [1.165, 1.54) is 4.68 Å². The van der Waals surface area contributed by atoms with Crippen LogP contribution in [0, 0.1) is 0 Å². The predicted molar refractivity (Wildman–Crippen MR) is 67.1 cm³/mol. The van der Waals surface area contributed by atoms with E-state index in [9.17, 15) is 9.90 Å². The Kier molecular flexibility index (Phi) is 2.81. The molecular formula is C12H21N3O2. The summed E-state index contributed by atoms with van der Waals surface area (Å²) in [6.07, 6.45) is 2.08. The largest absolute Gasteiger partial charge is 0.393 e. The van der Waals surface area contributed by atoms with Crippen molar-refractivity contribution in [2.24, 2.45) is 0 Å². The second-order valence-corrected chi connectivity index (χ2v) is 5.89. The van der Waals surface area contributed by atoms with Gasteiger partial charge in [-0.15, -0.1) is 0 Å². The van der Waals surface area contributed by atoms with Crippen molar-refractivity contribution in [2.75, 3.05) is 5.73 Å². The summed E-state index contributed by atoms with van der Waals surface area (Å²) in [5, 5.41) is 12.9. The highest BCUT2D eigenvalue weighted by atomic mass is 16.3. The number of aromatic nitrogens is 2. The van der Waals surface area contributed by atoms with Gasteiger partial charge in [-0.2, -0.15) is 0 Å². The molecule has 96 valence electrons. The van der Waals surface area contributed by atoms with Gasteiger partial charge in [0.05, 0.1) is 17.8 Å². The van der Waals surface area contributed by atoms with Gasteiger partial charge in [-0.3, -0.25) is 9.89 Å². The minimum absolute atomic E-state index is 0.152. The van der Waals surface area contributed by atoms with E-state index in [0.717, 1.165) is 25.0 Å². The summed E-state index contributed by atoms with van der Waals surface area (Å²) in [6, 6.07) is -0.152. The minimum Gasteiger partial charge on any atom is -0.393 e. The van der Waals surface area contributed by atoms with Crippen molar-refractivity contribution >= 4 is 5.69 Å². The van der Waals surface area contributed by atoms with E-state index < -0.39 is 6.10 Å². The van der Waals surface area contributed by atoms with Crippen molar-refractivity contribution in [3.8, 4) is 0 Å². The maximum Gasteiger partial charge on any atom is 0.290 e. The molecule has 2 unspecified atom stereocenters. The van der Waals surface area contributed by atoms with Crippen LogP contribution in [0.3, 0.4) is 0 Å². The minimum atomic E-state index is -0.446. The number of aliphatic hydroxyl groups excluding tert-OH is 1. The Labute approximate surface area is 101 Å². The Hall–Kier alpha value is -1.23. The number of nitrogens with one attached hydrogen (secondary N) is 1. The SMILES string of the molecule is CC(C)(C)c1[nH]n(C2CCCC2O)c(=O)c1N. The van der Waals surface area contributed by atoms with Gasteiger partial charge in [-0.05, 0) is 19.3 Å². The van der Waals surface area contributed by atoms with Crippen molar-refractivity contribution in [3.05, 3.63) is 16.0 Å². The van der Waals surface area contributed by atoms with E-state index in [1.807, 2.05) is 20.8 Å². The maximum atomic E-state index is 12.1. The van der Waals surface area contributed by atoms with Gasteiger partial charge in [0.2, 0.25) is 0 Å². The van der Waals surface area contributed by atoms with Crippen molar-refractivity contribution in [1.29, 1.82) is 0 Å². The molecule has 1 aromatic heterocycles. The standard InChI is InChI=1S/C12H21N3O2/c1-12(2,3)10-9(13)11(17)15(14-10)7-5-4-6-8(7)16/h7-8,14,16H,4-6,13H2,1-3H3. The predicted octanol–water partition coefficient (Wildman–Crippen LogP) is 1.14. The van der Waals surface area contributed by atoms with Gasteiger partial charge in [0.25, 0.3) is 5.56 Å². The van der Waals surface area contributed by atoms with Crippen LogP contribution in [0.15, 0.2) is 4.79 Å². The molecular weight excluding hydrogens is 218 g/mol. The van der Waals surface area contributed by atoms with Gasteiger partial charge in [0, 0.05) is 5.41 Å². The van der Waals surface area contributed by atoms with E-state index in [0.29, 0.717) is 0 Å². The van der Waals surface area contributed by atoms with Gasteiger partial charge in [-0.1, -0.05) is 20.8 Å². The molecule has 1 aliphatic rings. The summed E-state index contributed by atoms with van der Waals surface area (Å²) in [5.74, 6) is 0. The third-order valence-electron chi connectivity index (χ3n) is 3.48. The molecule has 2 atom stereocenters. The number of hydrogen-bond donors (Lipinski definition) is 3. The fraction of sp³-hybridized carbons (Fsp3) is 0.750. The van der Waals surface area contributed by atoms with Crippen LogP contribution >= 0.6 is 0 Å². The molecule has 1 heterocycles. The average molecular weight is 239 g/mol. The summed E-state index contributed by atoms with van der Waals surface area (Å²) in [5.41, 5.74) is 6.48. The highest BCUT2D eigenvalue weighted by molar-refractivity contribution is 5.44. The summed E-state index contributed by atoms with van der Waals surface area (Å²) < 4.78 is 1.51. The maximum absolute atomic E-state index is 12.1. The number of nitrogens with two attached hydrogens (primary N) is 1. The number of anilines is 1. The van der Waals surface area contributed by atoms with Crippen LogP contribution in [0.25, 0.3) is 0 Å². The second kappa shape index (κ2) is 3.91. The Bertz CT molecular complexity index is 467. The third-order valence-corrected chi connectivity index (χ3v) is 3.48. The molecule has 4 N–H and O–H groups in total. The zero-order chi connectivity index (χ0) is 12.8. The summed E-state index contributed by atoms with van der Waals surface area (Å²) in [4.78, 5) is 12.1. The van der Waals surface area contributed by atoms with Gasteiger partial charge >= 0.3 is 0 Å². The summed E-state index contributed by atoms with van der Waals surface area (Å²) in [7, 11) is 0. The molecule has 1 fully saturated rings. The van der Waals surface area contributed by atoms with Crippen molar-refractivity contribution in [3.63, 3.8) is 0 Å². The Morgan fingerprint density at radius 3 is 2.47 bits per heavy atom. The van der Waals surface area contributed by atoms with Gasteiger partial charge in [-0.25, -0.2) is 4.68 Å². The fourth-order valence-electron chi connectivity index (χ4n) is 2.50. The van der Waals surface area contributed by atoms with Crippen molar-refractivity contribution in [1.82, 2.24) is 9.78 Å². The second-order valence-electron chi connectivity index (χ2n) is 5.89. The number of nitrogen functional groups attached to an aromatic ring is 1. The van der Waals surface area contributed by atoms with Gasteiger partial charge in [0.15, 0.2) is 0 Å². The monoisotopic (exact) mass is 239 g/mol. The van der Waals surface area contributed by atoms with Crippen molar-refractivity contribution in [2.45, 2.75) is 57.6 Å². The molecule has 17 heavy (non-hydrogen) atoms. The Morgan fingerprint density at radius 1 is 1.41 bits per heavy atom. The molecule has 0 spiro atoms. The van der Waals surface area contributed by atoms with E-state index in [2.05, 4.69) is 5.10 Å². The zero-order valence-corrected chi connectivity index (χ0v) is 10.7. The average Bonchev–Trinajstić information content (AvgIpc) is 2.73. The van der Waals surface area contributed by atoms with Crippen LogP contribution in [-0.4, -0.2) is 21.0 Å². The molecule has 2 rings (SSSR count). The lowest BCUT2D eigenvalue weighted by Gasteiger charge is -2.18. The lowest BCUT2D eigenvalue weighted by atomic mass is 9.91. The van der Waals surface area contributed by atoms with Crippen LogP contribution in [-0.2, 0) is 5.41 Å². The number of rotatable bonds is 1. The van der Waals surface area contributed by atoms with Crippen molar-refractivity contribution < 1.29 is 5.11 Å². The smallest absolute Gasteiger partial charge is 0.290 e. The number of hydrogen-bond acceptors (Lipinski definition) is 3. The normalized spacial score (nSPS) is 25.4. The number of nitrogens with zero attached hydrogens (tertiary/aromatic N) is 1. The number of aromatic amines is 1. The molecule has 1 aliphatic carbocycles. The Morgan fingerprint density at radius 2 is 2.06 bits per heavy atom. The van der Waals surface area contributed by atoms with Crippen LogP contribution in [0.5, 0.6) is 0 Å². The van der Waals surface area contributed by atoms with E-state index in [1.54, 1.807) is 0 Å². The first-order chi connectivity index (χ1) is 7.82. The topological polar surface area (TPSA) is 84.0 Å². The third kappa shape index (κ3) is 1.99. The molecule has 0 saturated heterocycles. The molecule has 1 aromatic rings. The molecule has 0 bridgehead atoms. The molecule has 0 radical (unpaired) electrons. The highest BCUT2D eigenvalue weighted by Crippen LogP contribution is 2.31. The summed E-state index contributed by atoms with van der Waals surface area (Å²) in [6.45, 7) is 6.01. The van der Waals surface area contributed by atoms with E-state index in [-0.39, 0.29) is 22.7 Å². The molecule has 5 heteroatoms. The lowest BCUT2D eigenvalue weighted by Crippen LogP contribution is -2.28. The highest BCUT2D eigenvalue weighted by Gasteiger charge is 2.31. The molecule has 1 saturated carbocycles. The zero-order valence-electron chi connectivity index (χ0n) is 10.7. The van der Waals surface area contributed by atoms with Crippen LogP contribution in [0.4, 0.5) is 5.69 Å². The first kappa shape index (κ1) is 12.2. The molecule has 0 aromatic carbocycles. The van der Waals surface area contributed by atoms with Crippen LogP contribution < -0.4 is 11.3 Å². The van der Waals surface area contributed by atoms with E-state index >= 15 is 0 Å². The quantitative estimate of drug-likeness (QED) is 0.687. The number of aliphatic hydroxyl groups is 1. The van der Waals surface area contributed by atoms with Gasteiger partial charge in [0.1, 0.15) is 5.69 Å². The van der Waals surface area contributed by atoms with Crippen LogP contribution in [0.2, 0.25) is 0 Å². The first-order valence-electron chi connectivity index (χ1n) is 6.11. The molecule has 0 aliphatic heterocycles. The first-order valence-corrected chi connectivity index (χ1v) is 6.11. The van der Waals surface area contributed by atoms with E-state index in [4.69, 9.17) is 5.73 Å². The molecule has 5 nitrogen and oxygen atoms in total. The van der Waals surface area contributed by atoms with Crippen LogP contribution in [0.1, 0.15) is 51.8 Å². The summed E-state index contributed by atoms with van der Waals surface area (Å²) >= 11 is 0. The fourth-order valence-corrected chi connectivity index (χ4v) is 2.50. The molecule has 0 amide bonds. The number of H-pyrrole nitrogens is 1. The Balaban J connectivity index is 2.47. The lowest BCUT2D eigenvalue weighted by molar-refractivity contribution is 0.128. The van der Waals surface area contributed by atoms with Gasteiger partial charge < -0.3 is 10.8 Å².